The molecule has 5 heteroatoms. The number of aromatic nitrogens is 4. The summed E-state index contributed by atoms with van der Waals surface area (Å²) in [4.78, 5) is 0. The van der Waals surface area contributed by atoms with Crippen LogP contribution in [0.15, 0.2) is 43.1 Å². The maximum absolute atomic E-state index is 7.18. The molecule has 1 aromatic carbocycles. The Bertz CT molecular complexity index is 711. The second-order valence-electron chi connectivity index (χ2n) is 5.13. The number of benzene rings is 1. The Morgan fingerprint density at radius 3 is 2.80 bits per heavy atom. The zero-order chi connectivity index (χ0) is 13.9. The third kappa shape index (κ3) is 2.34. The molecule has 102 valence electrons. The molecule has 0 fully saturated rings. The molecule has 0 aliphatic heterocycles. The summed E-state index contributed by atoms with van der Waals surface area (Å²) in [7, 11) is 0. The second kappa shape index (κ2) is 5.28. The normalized spacial score (nSPS) is 12.7. The van der Waals surface area contributed by atoms with Crippen LogP contribution in [-0.4, -0.2) is 25.5 Å². The Balaban J connectivity index is 1.92. The molecule has 0 bridgehead atoms. The minimum Gasteiger partial charge on any atom is -0.347 e. The summed E-state index contributed by atoms with van der Waals surface area (Å²) in [5.41, 5.74) is 2.28. The van der Waals surface area contributed by atoms with Gasteiger partial charge in [0.05, 0.1) is 0 Å². The third-order valence-electron chi connectivity index (χ3n) is 3.50. The van der Waals surface area contributed by atoms with E-state index in [-0.39, 0.29) is 0 Å². The van der Waals surface area contributed by atoms with Gasteiger partial charge in [0.1, 0.15) is 12.7 Å². The quantitative estimate of drug-likeness (QED) is 0.722. The summed E-state index contributed by atoms with van der Waals surface area (Å²) in [5, 5.41) is 16.1. The predicted octanol–water partition coefficient (Wildman–Crippen LogP) is 2.90. The van der Waals surface area contributed by atoms with E-state index in [1.165, 1.54) is 17.1 Å². The van der Waals surface area contributed by atoms with Crippen LogP contribution in [0.5, 0.6) is 0 Å². The highest BCUT2D eigenvalue weighted by Gasteiger charge is 2.06. The molecule has 0 amide bonds. The van der Waals surface area contributed by atoms with Crippen LogP contribution in [0.4, 0.5) is 0 Å². The molecule has 0 spiro atoms. The lowest BCUT2D eigenvalue weighted by Crippen LogP contribution is -2.06. The van der Waals surface area contributed by atoms with Crippen molar-refractivity contribution in [3.8, 4) is 5.69 Å². The second-order valence-corrected chi connectivity index (χ2v) is 5.13. The Labute approximate surface area is 117 Å². The molecule has 1 atom stereocenters. The lowest BCUT2D eigenvalue weighted by atomic mass is 10.1. The van der Waals surface area contributed by atoms with Gasteiger partial charge in [0, 0.05) is 29.3 Å². The third-order valence-corrected chi connectivity index (χ3v) is 3.50. The first-order valence-electron chi connectivity index (χ1n) is 6.71. The van der Waals surface area contributed by atoms with Crippen molar-refractivity contribution in [3.63, 3.8) is 0 Å². The van der Waals surface area contributed by atoms with Crippen LogP contribution in [0.25, 0.3) is 16.6 Å². The van der Waals surface area contributed by atoms with E-state index >= 15 is 0 Å². The largest absolute Gasteiger partial charge is 0.347 e. The van der Waals surface area contributed by atoms with E-state index in [9.17, 15) is 0 Å². The SMILES string of the molecule is CC(CC=N)Cn1ccc2cc(-n3cnnc3)ccc21. The fourth-order valence-corrected chi connectivity index (χ4v) is 2.45. The van der Waals surface area contributed by atoms with Gasteiger partial charge in [0.15, 0.2) is 0 Å². The minimum absolute atomic E-state index is 0.473. The zero-order valence-electron chi connectivity index (χ0n) is 11.4. The van der Waals surface area contributed by atoms with Gasteiger partial charge < -0.3 is 9.98 Å². The molecule has 5 nitrogen and oxygen atoms in total. The average Bonchev–Trinajstić information content (AvgIpc) is 3.08. The van der Waals surface area contributed by atoms with Gasteiger partial charge in [-0.3, -0.25) is 4.57 Å². The van der Waals surface area contributed by atoms with Crippen LogP contribution in [0.1, 0.15) is 13.3 Å². The predicted molar refractivity (Wildman–Crippen MR) is 79.4 cm³/mol. The Hall–Kier alpha value is -2.43. The summed E-state index contributed by atoms with van der Waals surface area (Å²) < 4.78 is 4.15. The van der Waals surface area contributed by atoms with Gasteiger partial charge in [-0.05, 0) is 42.8 Å². The zero-order valence-corrected chi connectivity index (χ0v) is 11.4. The Morgan fingerprint density at radius 1 is 1.25 bits per heavy atom. The number of hydrogen-bond donors (Lipinski definition) is 1. The molecule has 0 radical (unpaired) electrons. The highest BCUT2D eigenvalue weighted by Crippen LogP contribution is 2.21. The molecule has 0 saturated carbocycles. The van der Waals surface area contributed by atoms with E-state index in [4.69, 9.17) is 5.41 Å². The van der Waals surface area contributed by atoms with Crippen molar-refractivity contribution < 1.29 is 0 Å². The molecular formula is C15H17N5. The fourth-order valence-electron chi connectivity index (χ4n) is 2.45. The highest BCUT2D eigenvalue weighted by molar-refractivity contribution is 5.82. The summed E-state index contributed by atoms with van der Waals surface area (Å²) in [5.74, 6) is 0.473. The van der Waals surface area contributed by atoms with Crippen molar-refractivity contribution in [3.05, 3.63) is 43.1 Å². The van der Waals surface area contributed by atoms with Crippen LogP contribution < -0.4 is 0 Å². The first-order valence-corrected chi connectivity index (χ1v) is 6.71. The highest BCUT2D eigenvalue weighted by atomic mass is 15.2. The molecule has 2 aromatic heterocycles. The summed E-state index contributed by atoms with van der Waals surface area (Å²) in [6.07, 6.45) is 7.81. The van der Waals surface area contributed by atoms with Gasteiger partial charge in [-0.25, -0.2) is 0 Å². The van der Waals surface area contributed by atoms with Gasteiger partial charge in [-0.1, -0.05) is 6.92 Å². The van der Waals surface area contributed by atoms with E-state index in [2.05, 4.69) is 52.2 Å². The smallest absolute Gasteiger partial charge is 0.123 e. The van der Waals surface area contributed by atoms with E-state index < -0.39 is 0 Å². The van der Waals surface area contributed by atoms with Gasteiger partial charge in [-0.15, -0.1) is 10.2 Å². The number of fused-ring (bicyclic) bond motifs is 1. The van der Waals surface area contributed by atoms with Gasteiger partial charge in [-0.2, -0.15) is 0 Å². The van der Waals surface area contributed by atoms with Gasteiger partial charge in [0.2, 0.25) is 0 Å². The Morgan fingerprint density at radius 2 is 2.05 bits per heavy atom. The monoisotopic (exact) mass is 267 g/mol. The van der Waals surface area contributed by atoms with Gasteiger partial charge in [0.25, 0.3) is 0 Å². The van der Waals surface area contributed by atoms with Crippen molar-refractivity contribution >= 4 is 17.1 Å². The molecule has 0 aliphatic carbocycles. The van der Waals surface area contributed by atoms with Crippen LogP contribution in [0, 0.1) is 11.3 Å². The molecule has 2 heterocycles. The summed E-state index contributed by atoms with van der Waals surface area (Å²) in [6.45, 7) is 3.10. The number of rotatable bonds is 5. The van der Waals surface area contributed by atoms with Gasteiger partial charge >= 0.3 is 0 Å². The number of nitrogens with one attached hydrogen (secondary N) is 1. The van der Waals surface area contributed by atoms with Crippen molar-refractivity contribution in [1.82, 2.24) is 19.3 Å². The minimum atomic E-state index is 0.473. The van der Waals surface area contributed by atoms with E-state index in [0.29, 0.717) is 5.92 Å². The van der Waals surface area contributed by atoms with Crippen molar-refractivity contribution in [1.29, 1.82) is 5.41 Å². The molecular weight excluding hydrogens is 250 g/mol. The van der Waals surface area contributed by atoms with Crippen LogP contribution >= 0.6 is 0 Å². The lowest BCUT2D eigenvalue weighted by molar-refractivity contribution is 0.511. The molecule has 3 rings (SSSR count). The fraction of sp³-hybridized carbons (Fsp3) is 0.267. The van der Waals surface area contributed by atoms with E-state index in [0.717, 1.165) is 18.7 Å². The first-order chi connectivity index (χ1) is 9.78. The summed E-state index contributed by atoms with van der Waals surface area (Å²) in [6, 6.07) is 8.46. The molecule has 0 aliphatic rings. The van der Waals surface area contributed by atoms with E-state index in [1.807, 2.05) is 4.57 Å². The van der Waals surface area contributed by atoms with Crippen molar-refractivity contribution in [2.45, 2.75) is 19.9 Å². The molecule has 3 aromatic rings. The molecule has 1 unspecified atom stereocenters. The van der Waals surface area contributed by atoms with Crippen molar-refractivity contribution in [2.75, 3.05) is 0 Å². The Kier molecular flexibility index (Phi) is 3.33. The van der Waals surface area contributed by atoms with Crippen LogP contribution in [-0.2, 0) is 6.54 Å². The topological polar surface area (TPSA) is 59.5 Å². The maximum Gasteiger partial charge on any atom is 0.123 e. The number of hydrogen-bond acceptors (Lipinski definition) is 3. The van der Waals surface area contributed by atoms with Crippen LogP contribution in [0.3, 0.4) is 0 Å². The molecule has 1 N–H and O–H groups in total. The average molecular weight is 267 g/mol. The molecule has 20 heavy (non-hydrogen) atoms. The van der Waals surface area contributed by atoms with Crippen LogP contribution in [0.2, 0.25) is 0 Å². The summed E-state index contributed by atoms with van der Waals surface area (Å²) >= 11 is 0. The number of nitrogens with zero attached hydrogens (tertiary/aromatic N) is 4. The standard InChI is InChI=1S/C15H17N5/c1-12(4-6-16)9-19-7-5-13-8-14(2-3-15(13)19)20-10-17-18-11-20/h2-3,5-8,10-12,16H,4,9H2,1H3. The molecule has 0 saturated heterocycles. The van der Waals surface area contributed by atoms with E-state index in [1.54, 1.807) is 12.7 Å². The van der Waals surface area contributed by atoms with Crippen molar-refractivity contribution in [2.24, 2.45) is 5.92 Å². The first kappa shape index (κ1) is 12.6. The lowest BCUT2D eigenvalue weighted by Gasteiger charge is -2.11. The maximum atomic E-state index is 7.18.